The van der Waals surface area contributed by atoms with Crippen molar-refractivity contribution in [2.75, 3.05) is 14.2 Å². The van der Waals surface area contributed by atoms with Crippen LogP contribution in [0.15, 0.2) is 4.21 Å². The standard InChI is InChI=1S/C16H23NO6S2/c1-10-12(14(18)22-2)16(24-13(10)15(19)23-3)25(20,21)17-11-8-6-4-5-7-9-11/h11,17H,4-9H2,1-3H3. The first-order valence-corrected chi connectivity index (χ1v) is 10.4. The van der Waals surface area contributed by atoms with Crippen LogP contribution in [0, 0.1) is 6.92 Å². The molecule has 1 aromatic rings. The minimum atomic E-state index is -3.95. The maximum atomic E-state index is 12.9. The molecule has 0 saturated heterocycles. The quantitative estimate of drug-likeness (QED) is 0.614. The van der Waals surface area contributed by atoms with Crippen molar-refractivity contribution >= 4 is 33.3 Å². The van der Waals surface area contributed by atoms with Crippen molar-refractivity contribution in [2.24, 2.45) is 0 Å². The van der Waals surface area contributed by atoms with Crippen molar-refractivity contribution in [3.05, 3.63) is 16.0 Å². The monoisotopic (exact) mass is 389 g/mol. The van der Waals surface area contributed by atoms with Gasteiger partial charge in [-0.1, -0.05) is 25.7 Å². The first kappa shape index (κ1) is 19.9. The second-order valence-corrected chi connectivity index (χ2v) is 8.94. The van der Waals surface area contributed by atoms with Crippen molar-refractivity contribution in [1.82, 2.24) is 4.72 Å². The average molecular weight is 389 g/mol. The molecule has 0 atom stereocenters. The first-order valence-electron chi connectivity index (χ1n) is 8.14. The zero-order chi connectivity index (χ0) is 18.6. The lowest BCUT2D eigenvalue weighted by atomic mass is 10.1. The largest absolute Gasteiger partial charge is 0.465 e. The molecule has 1 heterocycles. The summed E-state index contributed by atoms with van der Waals surface area (Å²) in [6, 6.07) is -0.165. The number of thiophene rings is 1. The van der Waals surface area contributed by atoms with Gasteiger partial charge in [0.15, 0.2) is 4.21 Å². The Balaban J connectivity index is 2.44. The number of nitrogens with one attached hydrogen (secondary N) is 1. The summed E-state index contributed by atoms with van der Waals surface area (Å²) in [5.74, 6) is -1.46. The predicted molar refractivity (Wildman–Crippen MR) is 93.5 cm³/mol. The van der Waals surface area contributed by atoms with Crippen molar-refractivity contribution in [3.63, 3.8) is 0 Å². The number of ether oxygens (including phenoxy) is 2. The van der Waals surface area contributed by atoms with E-state index in [1.807, 2.05) is 0 Å². The van der Waals surface area contributed by atoms with Gasteiger partial charge in [-0.3, -0.25) is 0 Å². The van der Waals surface area contributed by atoms with Gasteiger partial charge in [-0.2, -0.15) is 0 Å². The topological polar surface area (TPSA) is 98.8 Å². The highest BCUT2D eigenvalue weighted by Gasteiger charge is 2.33. The number of rotatable bonds is 5. The molecule has 140 valence electrons. The predicted octanol–water partition coefficient (Wildman–Crippen LogP) is 2.63. The molecule has 25 heavy (non-hydrogen) atoms. The second-order valence-electron chi connectivity index (χ2n) is 6.01. The molecule has 1 N–H and O–H groups in total. The van der Waals surface area contributed by atoms with Gasteiger partial charge < -0.3 is 9.47 Å². The fourth-order valence-electron chi connectivity index (χ4n) is 2.97. The molecule has 0 spiro atoms. The molecule has 7 nitrogen and oxygen atoms in total. The molecule has 2 rings (SSSR count). The van der Waals surface area contributed by atoms with Crippen molar-refractivity contribution < 1.29 is 27.5 Å². The van der Waals surface area contributed by atoms with Gasteiger partial charge in [-0.15, -0.1) is 11.3 Å². The maximum Gasteiger partial charge on any atom is 0.348 e. The third kappa shape index (κ3) is 4.39. The highest BCUT2D eigenvalue weighted by atomic mass is 32.2. The molecule has 0 aromatic carbocycles. The highest BCUT2D eigenvalue weighted by Crippen LogP contribution is 2.33. The zero-order valence-electron chi connectivity index (χ0n) is 14.6. The third-order valence-corrected chi connectivity index (χ3v) is 7.61. The van der Waals surface area contributed by atoms with Crippen LogP contribution in [0.25, 0.3) is 0 Å². The van der Waals surface area contributed by atoms with Gasteiger partial charge in [0.1, 0.15) is 4.88 Å². The lowest BCUT2D eigenvalue weighted by molar-refractivity contribution is 0.0596. The highest BCUT2D eigenvalue weighted by molar-refractivity contribution is 7.91. The van der Waals surface area contributed by atoms with Gasteiger partial charge in [-0.25, -0.2) is 22.7 Å². The number of sulfonamides is 1. The molecule has 1 aliphatic carbocycles. The van der Waals surface area contributed by atoms with E-state index >= 15 is 0 Å². The summed E-state index contributed by atoms with van der Waals surface area (Å²) in [5.41, 5.74) is 0.152. The normalized spacial score (nSPS) is 16.3. The van der Waals surface area contributed by atoms with E-state index in [1.54, 1.807) is 0 Å². The maximum absolute atomic E-state index is 12.9. The van der Waals surface area contributed by atoms with Crippen LogP contribution >= 0.6 is 11.3 Å². The number of hydrogen-bond acceptors (Lipinski definition) is 7. The van der Waals surface area contributed by atoms with Crippen LogP contribution in [0.2, 0.25) is 0 Å². The van der Waals surface area contributed by atoms with E-state index in [1.165, 1.54) is 21.1 Å². The molecule has 0 bridgehead atoms. The van der Waals surface area contributed by atoms with Crippen LogP contribution in [0.1, 0.15) is 64.1 Å². The number of hydrogen-bond donors (Lipinski definition) is 1. The van der Waals surface area contributed by atoms with Gasteiger partial charge in [0.25, 0.3) is 10.0 Å². The van der Waals surface area contributed by atoms with Gasteiger partial charge >= 0.3 is 11.9 Å². The van der Waals surface area contributed by atoms with Gasteiger partial charge in [-0.05, 0) is 25.3 Å². The molecule has 1 aliphatic rings. The van der Waals surface area contributed by atoms with Gasteiger partial charge in [0, 0.05) is 6.04 Å². The Hall–Kier alpha value is -1.45. The number of carbonyl (C=O) groups is 2. The lowest BCUT2D eigenvalue weighted by Gasteiger charge is -2.16. The molecule has 1 saturated carbocycles. The molecular weight excluding hydrogens is 366 g/mol. The minimum Gasteiger partial charge on any atom is -0.465 e. The van der Waals surface area contributed by atoms with E-state index in [2.05, 4.69) is 9.46 Å². The molecule has 9 heteroatoms. The van der Waals surface area contributed by atoms with Crippen LogP contribution in [0.4, 0.5) is 0 Å². The van der Waals surface area contributed by atoms with Crippen molar-refractivity contribution in [3.8, 4) is 0 Å². The zero-order valence-corrected chi connectivity index (χ0v) is 16.2. The van der Waals surface area contributed by atoms with Gasteiger partial charge in [0.05, 0.1) is 19.8 Å². The molecule has 1 fully saturated rings. The van der Waals surface area contributed by atoms with Gasteiger partial charge in [0.2, 0.25) is 0 Å². The summed E-state index contributed by atoms with van der Waals surface area (Å²) in [6.07, 6.45) is 5.65. The summed E-state index contributed by atoms with van der Waals surface area (Å²) in [6.45, 7) is 1.51. The summed E-state index contributed by atoms with van der Waals surface area (Å²) in [7, 11) is -1.57. The van der Waals surface area contributed by atoms with Crippen molar-refractivity contribution in [2.45, 2.75) is 55.7 Å². The van der Waals surface area contributed by atoms with Crippen LogP contribution in [0.5, 0.6) is 0 Å². The lowest BCUT2D eigenvalue weighted by Crippen LogP contribution is -2.34. The Kier molecular flexibility index (Phi) is 6.59. The SMILES string of the molecule is COC(=O)c1sc(S(=O)(=O)NC2CCCCCC2)c(C(=O)OC)c1C. The average Bonchev–Trinajstić information content (AvgIpc) is 2.75. The molecule has 0 amide bonds. The number of carbonyl (C=O) groups excluding carboxylic acids is 2. The Morgan fingerprint density at radius 1 is 1.04 bits per heavy atom. The number of esters is 2. The minimum absolute atomic E-state index is 0.0872. The fourth-order valence-corrected chi connectivity index (χ4v) is 6.04. The Bertz CT molecular complexity index is 745. The van der Waals surface area contributed by atoms with Crippen molar-refractivity contribution in [1.29, 1.82) is 0 Å². The van der Waals surface area contributed by atoms with E-state index in [0.29, 0.717) is 0 Å². The van der Waals surface area contributed by atoms with E-state index in [0.717, 1.165) is 49.9 Å². The summed E-state index contributed by atoms with van der Waals surface area (Å²) in [4.78, 5) is 24.1. The molecule has 1 aromatic heterocycles. The third-order valence-electron chi connectivity index (χ3n) is 4.30. The summed E-state index contributed by atoms with van der Waals surface area (Å²) < 4.78 is 37.6. The van der Waals surface area contributed by atoms with Crippen LogP contribution < -0.4 is 4.72 Å². The number of methoxy groups -OCH3 is 2. The van der Waals surface area contributed by atoms with E-state index in [9.17, 15) is 18.0 Å². The fraction of sp³-hybridized carbons (Fsp3) is 0.625. The summed E-state index contributed by atoms with van der Waals surface area (Å²) >= 11 is 0.737. The second kappa shape index (κ2) is 8.29. The molecular formula is C16H23NO6S2. The Labute approximate surface area is 151 Å². The van der Waals surface area contributed by atoms with E-state index < -0.39 is 22.0 Å². The molecule has 0 radical (unpaired) electrons. The summed E-state index contributed by atoms with van der Waals surface area (Å²) in [5, 5.41) is 0. The Morgan fingerprint density at radius 3 is 2.12 bits per heavy atom. The molecule has 0 aliphatic heterocycles. The Morgan fingerprint density at radius 2 is 1.60 bits per heavy atom. The van der Waals surface area contributed by atoms with E-state index in [4.69, 9.17) is 4.74 Å². The smallest absolute Gasteiger partial charge is 0.348 e. The van der Waals surface area contributed by atoms with Crippen LogP contribution in [-0.2, 0) is 19.5 Å². The first-order chi connectivity index (χ1) is 11.8. The van der Waals surface area contributed by atoms with E-state index in [-0.39, 0.29) is 26.3 Å². The molecule has 0 unspecified atom stereocenters. The van der Waals surface area contributed by atoms with Crippen LogP contribution in [-0.4, -0.2) is 40.6 Å². The van der Waals surface area contributed by atoms with Crippen LogP contribution in [0.3, 0.4) is 0 Å².